The molecule has 88 valence electrons. The van der Waals surface area contributed by atoms with Crippen molar-refractivity contribution < 1.29 is 18.7 Å². The first-order valence-electron chi connectivity index (χ1n) is 5.20. The van der Waals surface area contributed by atoms with Crippen LogP contribution in [0.15, 0.2) is 0 Å². The maximum atomic E-state index is 11.3. The second-order valence-corrected chi connectivity index (χ2v) is 9.79. The monoisotopic (exact) mass is 232 g/mol. The predicted molar refractivity (Wildman–Crippen MR) is 59.2 cm³/mol. The minimum absolute atomic E-state index is 0.135. The molecule has 0 aromatic carbocycles. The fraction of sp³-hybridized carbons (Fsp3) is 0.900. The van der Waals surface area contributed by atoms with Gasteiger partial charge in [-0.1, -0.05) is 0 Å². The van der Waals surface area contributed by atoms with Crippen LogP contribution in [-0.4, -0.2) is 39.2 Å². The molecule has 0 aromatic heterocycles. The van der Waals surface area contributed by atoms with Gasteiger partial charge in [0.25, 0.3) is 0 Å². The molecule has 15 heavy (non-hydrogen) atoms. The van der Waals surface area contributed by atoms with E-state index in [1.807, 2.05) is 0 Å². The lowest BCUT2D eigenvalue weighted by molar-refractivity contribution is -0.205. The van der Waals surface area contributed by atoms with E-state index in [1.54, 1.807) is 13.8 Å². The van der Waals surface area contributed by atoms with E-state index in [-0.39, 0.29) is 12.1 Å². The zero-order valence-electron chi connectivity index (χ0n) is 10.1. The molecule has 0 amide bonds. The molecule has 1 atom stereocenters. The third-order valence-electron chi connectivity index (χ3n) is 2.06. The quantitative estimate of drug-likeness (QED) is 0.547. The van der Waals surface area contributed by atoms with Crippen LogP contribution in [-0.2, 0) is 18.7 Å². The first kappa shape index (κ1) is 12.7. The highest BCUT2D eigenvalue weighted by molar-refractivity contribution is 6.69. The number of esters is 1. The summed E-state index contributed by atoms with van der Waals surface area (Å²) in [6.07, 6.45) is -0.135. The first-order valence-corrected chi connectivity index (χ1v) is 8.60. The van der Waals surface area contributed by atoms with Crippen molar-refractivity contribution in [3.63, 3.8) is 0 Å². The van der Waals surface area contributed by atoms with Crippen LogP contribution in [0.1, 0.15) is 13.8 Å². The summed E-state index contributed by atoms with van der Waals surface area (Å²) in [5.74, 6) is -0.299. The van der Waals surface area contributed by atoms with Gasteiger partial charge >= 0.3 is 5.97 Å². The maximum absolute atomic E-state index is 11.3. The molecule has 0 bridgehead atoms. The van der Waals surface area contributed by atoms with E-state index in [2.05, 4.69) is 19.6 Å². The lowest BCUT2D eigenvalue weighted by Crippen LogP contribution is -2.49. The van der Waals surface area contributed by atoms with E-state index in [4.69, 9.17) is 13.9 Å². The van der Waals surface area contributed by atoms with E-state index in [9.17, 15) is 4.79 Å². The summed E-state index contributed by atoms with van der Waals surface area (Å²) >= 11 is 0. The summed E-state index contributed by atoms with van der Waals surface area (Å²) in [7, 11) is -1.53. The van der Waals surface area contributed by atoms with Gasteiger partial charge < -0.3 is 13.9 Å². The summed E-state index contributed by atoms with van der Waals surface area (Å²) in [4.78, 5) is 11.3. The van der Waals surface area contributed by atoms with Gasteiger partial charge in [0.2, 0.25) is 0 Å². The molecule has 1 fully saturated rings. The Kier molecular flexibility index (Phi) is 3.58. The number of ether oxygens (including phenoxy) is 2. The van der Waals surface area contributed by atoms with Gasteiger partial charge in [0.1, 0.15) is 12.7 Å². The average Bonchev–Trinajstić information content (AvgIpc) is 2.06. The molecule has 4 nitrogen and oxygen atoms in total. The molecule has 0 aliphatic carbocycles. The topological polar surface area (TPSA) is 44.8 Å². The van der Waals surface area contributed by atoms with E-state index in [0.717, 1.165) is 0 Å². The highest BCUT2D eigenvalue weighted by Crippen LogP contribution is 2.20. The molecular formula is C10H20O4Si. The summed E-state index contributed by atoms with van der Waals surface area (Å²) in [5, 5.41) is 0. The molecule has 1 aliphatic rings. The molecule has 0 saturated carbocycles. The van der Waals surface area contributed by atoms with Crippen LogP contribution in [0.3, 0.4) is 0 Å². The molecule has 1 rings (SSSR count). The van der Waals surface area contributed by atoms with E-state index in [1.165, 1.54) is 0 Å². The van der Waals surface area contributed by atoms with E-state index in [0.29, 0.717) is 13.2 Å². The zero-order chi connectivity index (χ0) is 11.7. The fourth-order valence-electron chi connectivity index (χ4n) is 1.27. The van der Waals surface area contributed by atoms with E-state index < -0.39 is 13.9 Å². The van der Waals surface area contributed by atoms with Crippen molar-refractivity contribution in [3.05, 3.63) is 0 Å². The lowest BCUT2D eigenvalue weighted by Gasteiger charge is -2.35. The van der Waals surface area contributed by atoms with Gasteiger partial charge in [-0.05, 0) is 33.5 Å². The Labute approximate surface area is 92.0 Å². The van der Waals surface area contributed by atoms with Crippen LogP contribution in [0, 0.1) is 0 Å². The van der Waals surface area contributed by atoms with Crippen molar-refractivity contribution in [1.29, 1.82) is 0 Å². The lowest BCUT2D eigenvalue weighted by atomic mass is 10.1. The summed E-state index contributed by atoms with van der Waals surface area (Å²) in [6, 6.07) is 0. The van der Waals surface area contributed by atoms with Gasteiger partial charge in [-0.25, -0.2) is 4.79 Å². The van der Waals surface area contributed by atoms with Crippen molar-refractivity contribution in [1.82, 2.24) is 0 Å². The summed E-state index contributed by atoms with van der Waals surface area (Å²) < 4.78 is 16.4. The Morgan fingerprint density at radius 2 is 2.07 bits per heavy atom. The average molecular weight is 232 g/mol. The molecule has 5 heteroatoms. The van der Waals surface area contributed by atoms with Crippen molar-refractivity contribution >= 4 is 14.3 Å². The summed E-state index contributed by atoms with van der Waals surface area (Å²) in [5.41, 5.74) is -0.842. The van der Waals surface area contributed by atoms with Gasteiger partial charge in [0, 0.05) is 0 Å². The van der Waals surface area contributed by atoms with Crippen molar-refractivity contribution in [2.24, 2.45) is 0 Å². The minimum Gasteiger partial charge on any atom is -0.461 e. The van der Waals surface area contributed by atoms with Gasteiger partial charge in [-0.2, -0.15) is 0 Å². The first-order chi connectivity index (χ1) is 6.71. The Bertz CT molecular complexity index is 244. The number of cyclic esters (lactones) is 1. The van der Waals surface area contributed by atoms with Gasteiger partial charge in [0.05, 0.1) is 6.61 Å². The molecule has 1 unspecified atom stereocenters. The summed E-state index contributed by atoms with van der Waals surface area (Å²) in [6.45, 7) is 10.6. The maximum Gasteiger partial charge on any atom is 0.337 e. The van der Waals surface area contributed by atoms with Crippen LogP contribution in [0.25, 0.3) is 0 Å². The highest BCUT2D eigenvalue weighted by Gasteiger charge is 2.38. The van der Waals surface area contributed by atoms with Crippen LogP contribution >= 0.6 is 0 Å². The number of hydrogen-bond acceptors (Lipinski definition) is 4. The second kappa shape index (κ2) is 4.23. The Balaban J connectivity index is 2.43. The number of rotatable bonds is 3. The van der Waals surface area contributed by atoms with Gasteiger partial charge in [-0.15, -0.1) is 0 Å². The Morgan fingerprint density at radius 1 is 1.47 bits per heavy atom. The van der Waals surface area contributed by atoms with Crippen LogP contribution in [0.5, 0.6) is 0 Å². The fourth-order valence-corrected chi connectivity index (χ4v) is 1.95. The zero-order valence-corrected chi connectivity index (χ0v) is 11.1. The van der Waals surface area contributed by atoms with E-state index >= 15 is 0 Å². The molecule has 1 saturated heterocycles. The van der Waals surface area contributed by atoms with Crippen LogP contribution in [0.4, 0.5) is 0 Å². The van der Waals surface area contributed by atoms with Crippen molar-refractivity contribution in [2.45, 2.75) is 45.2 Å². The van der Waals surface area contributed by atoms with Gasteiger partial charge in [-0.3, -0.25) is 0 Å². The largest absolute Gasteiger partial charge is 0.461 e. The van der Waals surface area contributed by atoms with Gasteiger partial charge in [0.15, 0.2) is 13.9 Å². The predicted octanol–water partition coefficient (Wildman–Crippen LogP) is 1.56. The molecule has 0 radical (unpaired) electrons. The smallest absolute Gasteiger partial charge is 0.337 e. The molecule has 0 N–H and O–H groups in total. The normalized spacial score (nSPS) is 26.2. The third kappa shape index (κ3) is 3.93. The molecule has 1 heterocycles. The standard InChI is InChI=1S/C10H20O4Si/c1-10(2)9(11)12-6-8(14-10)7-13-15(3,4)5/h8H,6-7H2,1-5H3. The number of hydrogen-bond donors (Lipinski definition) is 0. The van der Waals surface area contributed by atoms with Crippen LogP contribution in [0.2, 0.25) is 19.6 Å². The SMILES string of the molecule is CC1(C)OC(CO[Si](C)(C)C)COC1=O. The van der Waals surface area contributed by atoms with Crippen molar-refractivity contribution in [3.8, 4) is 0 Å². The molecule has 0 spiro atoms. The molecular weight excluding hydrogens is 212 g/mol. The Hall–Kier alpha value is -0.393. The minimum atomic E-state index is -1.53. The second-order valence-electron chi connectivity index (χ2n) is 5.27. The number of carbonyl (C=O) groups excluding carboxylic acids is 1. The highest BCUT2D eigenvalue weighted by atomic mass is 28.4. The number of carbonyl (C=O) groups is 1. The molecule has 0 aromatic rings. The van der Waals surface area contributed by atoms with Crippen molar-refractivity contribution in [2.75, 3.05) is 13.2 Å². The molecule has 1 aliphatic heterocycles. The third-order valence-corrected chi connectivity index (χ3v) is 3.09. The Morgan fingerprint density at radius 3 is 2.53 bits per heavy atom. The van der Waals surface area contributed by atoms with Crippen LogP contribution < -0.4 is 0 Å².